The van der Waals surface area contributed by atoms with Crippen molar-refractivity contribution in [2.45, 2.75) is 26.7 Å². The second kappa shape index (κ2) is 5.40. The Balaban J connectivity index is 2.29. The van der Waals surface area contributed by atoms with Gasteiger partial charge in [-0.05, 0) is 24.3 Å². The molecule has 2 rings (SSSR count). The van der Waals surface area contributed by atoms with Gasteiger partial charge in [0.1, 0.15) is 0 Å². The first kappa shape index (κ1) is 14.8. The normalized spacial score (nSPS) is 17.9. The quantitative estimate of drug-likeness (QED) is 0.619. The molecular formula is C14H17ClN2O3. The molecular weight excluding hydrogens is 280 g/mol. The highest BCUT2D eigenvalue weighted by molar-refractivity contribution is 6.33. The van der Waals surface area contributed by atoms with Gasteiger partial charge in [-0.2, -0.15) is 0 Å². The second-order valence-electron chi connectivity index (χ2n) is 5.92. The van der Waals surface area contributed by atoms with Gasteiger partial charge in [-0.3, -0.25) is 14.9 Å². The summed E-state index contributed by atoms with van der Waals surface area (Å²) in [5, 5.41) is 11.1. The summed E-state index contributed by atoms with van der Waals surface area (Å²) in [7, 11) is 0. The molecule has 0 spiro atoms. The smallest absolute Gasteiger partial charge is 0.270 e. The molecule has 0 N–H and O–H groups in total. The average molecular weight is 297 g/mol. The monoisotopic (exact) mass is 296 g/mol. The van der Waals surface area contributed by atoms with Crippen molar-refractivity contribution in [1.29, 1.82) is 0 Å². The van der Waals surface area contributed by atoms with Crippen molar-refractivity contribution < 1.29 is 9.72 Å². The molecule has 0 aliphatic carbocycles. The zero-order valence-electron chi connectivity index (χ0n) is 11.6. The van der Waals surface area contributed by atoms with Crippen LogP contribution in [0.2, 0.25) is 5.02 Å². The van der Waals surface area contributed by atoms with E-state index in [0.717, 1.165) is 12.8 Å². The zero-order chi connectivity index (χ0) is 14.9. The topological polar surface area (TPSA) is 63.5 Å². The fraction of sp³-hybridized carbons (Fsp3) is 0.500. The van der Waals surface area contributed by atoms with E-state index in [0.29, 0.717) is 13.1 Å². The number of nitro benzene ring substituents is 1. The molecule has 0 saturated carbocycles. The van der Waals surface area contributed by atoms with E-state index in [9.17, 15) is 14.9 Å². The third-order valence-corrected chi connectivity index (χ3v) is 3.91. The molecule has 1 amide bonds. The van der Waals surface area contributed by atoms with Gasteiger partial charge in [-0.1, -0.05) is 25.4 Å². The highest BCUT2D eigenvalue weighted by atomic mass is 35.5. The molecule has 1 heterocycles. The molecule has 1 aromatic carbocycles. The van der Waals surface area contributed by atoms with Crippen LogP contribution in [0.25, 0.3) is 0 Å². The lowest BCUT2D eigenvalue weighted by atomic mass is 9.84. The number of non-ortho nitro benzene ring substituents is 1. The Morgan fingerprint density at radius 2 is 2.15 bits per heavy atom. The molecule has 6 heteroatoms. The fourth-order valence-corrected chi connectivity index (χ4v) is 2.76. The van der Waals surface area contributed by atoms with Gasteiger partial charge in [-0.25, -0.2) is 0 Å². The van der Waals surface area contributed by atoms with Crippen LogP contribution in [0.15, 0.2) is 18.2 Å². The number of carbonyl (C=O) groups is 1. The fourth-order valence-electron chi connectivity index (χ4n) is 2.56. The van der Waals surface area contributed by atoms with Crippen LogP contribution in [0.5, 0.6) is 0 Å². The van der Waals surface area contributed by atoms with Gasteiger partial charge < -0.3 is 4.90 Å². The Kier molecular flexibility index (Phi) is 3.99. The number of likely N-dealkylation sites (tertiary alicyclic amines) is 1. The van der Waals surface area contributed by atoms with Gasteiger partial charge in [0.2, 0.25) is 0 Å². The SMILES string of the molecule is CC1(C)CCCN(C(=O)c2cc([N+](=O)[O-])ccc2Cl)C1. The van der Waals surface area contributed by atoms with Crippen LogP contribution in [0.4, 0.5) is 5.69 Å². The van der Waals surface area contributed by atoms with Crippen molar-refractivity contribution in [2.24, 2.45) is 5.41 Å². The lowest BCUT2D eigenvalue weighted by Crippen LogP contribution is -2.43. The van der Waals surface area contributed by atoms with E-state index < -0.39 is 4.92 Å². The summed E-state index contributed by atoms with van der Waals surface area (Å²) in [4.78, 5) is 24.5. The molecule has 5 nitrogen and oxygen atoms in total. The Labute approximate surface area is 122 Å². The molecule has 1 aromatic rings. The number of halogens is 1. The Morgan fingerprint density at radius 3 is 2.75 bits per heavy atom. The Morgan fingerprint density at radius 1 is 1.45 bits per heavy atom. The minimum Gasteiger partial charge on any atom is -0.338 e. The summed E-state index contributed by atoms with van der Waals surface area (Å²) in [6, 6.07) is 3.97. The van der Waals surface area contributed by atoms with E-state index in [-0.39, 0.29) is 27.6 Å². The van der Waals surface area contributed by atoms with E-state index in [2.05, 4.69) is 13.8 Å². The van der Waals surface area contributed by atoms with E-state index in [4.69, 9.17) is 11.6 Å². The summed E-state index contributed by atoms with van der Waals surface area (Å²) in [6.07, 6.45) is 2.00. The maximum absolute atomic E-state index is 12.5. The van der Waals surface area contributed by atoms with Crippen LogP contribution in [0.3, 0.4) is 0 Å². The molecule has 0 bridgehead atoms. The molecule has 108 valence electrons. The van der Waals surface area contributed by atoms with Crippen molar-refractivity contribution in [3.05, 3.63) is 38.9 Å². The number of nitrogens with zero attached hydrogens (tertiary/aromatic N) is 2. The molecule has 1 fully saturated rings. The first-order valence-corrected chi connectivity index (χ1v) is 6.91. The highest BCUT2D eigenvalue weighted by Crippen LogP contribution is 2.31. The maximum Gasteiger partial charge on any atom is 0.270 e. The van der Waals surface area contributed by atoms with Crippen LogP contribution in [-0.2, 0) is 0 Å². The number of amides is 1. The molecule has 1 aliphatic rings. The minimum atomic E-state index is -0.521. The molecule has 1 aliphatic heterocycles. The highest BCUT2D eigenvalue weighted by Gasteiger charge is 2.30. The van der Waals surface area contributed by atoms with Crippen LogP contribution in [-0.4, -0.2) is 28.8 Å². The van der Waals surface area contributed by atoms with Gasteiger partial charge in [-0.15, -0.1) is 0 Å². The van der Waals surface area contributed by atoms with Gasteiger partial charge in [0, 0.05) is 25.2 Å². The number of piperidine rings is 1. The lowest BCUT2D eigenvalue weighted by Gasteiger charge is -2.38. The predicted molar refractivity (Wildman–Crippen MR) is 77.0 cm³/mol. The Hall–Kier alpha value is -1.62. The van der Waals surface area contributed by atoms with Crippen molar-refractivity contribution >= 4 is 23.2 Å². The van der Waals surface area contributed by atoms with Gasteiger partial charge in [0.15, 0.2) is 0 Å². The van der Waals surface area contributed by atoms with Crippen molar-refractivity contribution in [2.75, 3.05) is 13.1 Å². The van der Waals surface area contributed by atoms with Gasteiger partial charge >= 0.3 is 0 Å². The van der Waals surface area contributed by atoms with Gasteiger partial charge in [0.25, 0.3) is 11.6 Å². The van der Waals surface area contributed by atoms with Crippen LogP contribution in [0.1, 0.15) is 37.0 Å². The summed E-state index contributed by atoms with van der Waals surface area (Å²) in [5.41, 5.74) is 0.161. The largest absolute Gasteiger partial charge is 0.338 e. The van der Waals surface area contributed by atoms with Crippen LogP contribution >= 0.6 is 11.6 Å². The first-order chi connectivity index (χ1) is 9.30. The van der Waals surface area contributed by atoms with Crippen molar-refractivity contribution in [3.63, 3.8) is 0 Å². The van der Waals surface area contributed by atoms with Crippen molar-refractivity contribution in [3.8, 4) is 0 Å². The second-order valence-corrected chi connectivity index (χ2v) is 6.32. The molecule has 1 saturated heterocycles. The molecule has 0 radical (unpaired) electrons. The summed E-state index contributed by atoms with van der Waals surface area (Å²) < 4.78 is 0. The standard InChI is InChI=1S/C14H17ClN2O3/c1-14(2)6-3-7-16(9-14)13(18)11-8-10(17(19)20)4-5-12(11)15/h4-5,8H,3,6-7,9H2,1-2H3. The predicted octanol–water partition coefficient (Wildman–Crippen LogP) is 3.51. The Bertz CT molecular complexity index is 557. The van der Waals surface area contributed by atoms with E-state index in [1.54, 1.807) is 4.90 Å². The summed E-state index contributed by atoms with van der Waals surface area (Å²) >= 11 is 6.02. The number of carbonyl (C=O) groups excluding carboxylic acids is 1. The van der Waals surface area contributed by atoms with Crippen LogP contribution in [0, 0.1) is 15.5 Å². The van der Waals surface area contributed by atoms with E-state index in [1.165, 1.54) is 18.2 Å². The number of hydrogen-bond acceptors (Lipinski definition) is 3. The average Bonchev–Trinajstić information content (AvgIpc) is 2.37. The molecule has 0 aromatic heterocycles. The molecule has 0 unspecified atom stereocenters. The number of nitro groups is 1. The van der Waals surface area contributed by atoms with Crippen molar-refractivity contribution in [1.82, 2.24) is 4.90 Å². The molecule has 20 heavy (non-hydrogen) atoms. The maximum atomic E-state index is 12.5. The van der Waals surface area contributed by atoms with Crippen LogP contribution < -0.4 is 0 Å². The summed E-state index contributed by atoms with van der Waals surface area (Å²) in [5.74, 6) is -0.230. The summed E-state index contributed by atoms with van der Waals surface area (Å²) in [6.45, 7) is 5.54. The third-order valence-electron chi connectivity index (χ3n) is 3.58. The number of rotatable bonds is 2. The lowest BCUT2D eigenvalue weighted by molar-refractivity contribution is -0.384. The van der Waals surface area contributed by atoms with E-state index in [1.807, 2.05) is 0 Å². The van der Waals surface area contributed by atoms with E-state index >= 15 is 0 Å². The minimum absolute atomic E-state index is 0.0705. The third kappa shape index (κ3) is 3.10. The van der Waals surface area contributed by atoms with Gasteiger partial charge in [0.05, 0.1) is 15.5 Å². The zero-order valence-corrected chi connectivity index (χ0v) is 12.3. The number of hydrogen-bond donors (Lipinski definition) is 0. The first-order valence-electron chi connectivity index (χ1n) is 6.53. The molecule has 0 atom stereocenters. The number of benzene rings is 1.